The Balaban J connectivity index is 2.18. The first-order valence-electron chi connectivity index (χ1n) is 6.67. The summed E-state index contributed by atoms with van der Waals surface area (Å²) in [7, 11) is -3.38. The maximum Gasteiger partial charge on any atom is 0.335 e. The van der Waals surface area contributed by atoms with E-state index in [1.807, 2.05) is 0 Å². The molecule has 0 aromatic heterocycles. The van der Waals surface area contributed by atoms with Crippen molar-refractivity contribution in [1.29, 1.82) is 0 Å². The molecule has 21 heavy (non-hydrogen) atoms. The molecule has 1 aromatic rings. The zero-order chi connectivity index (χ0) is 15.6. The number of aryl methyl sites for hydroxylation is 1. The largest absolute Gasteiger partial charge is 0.478 e. The van der Waals surface area contributed by atoms with Gasteiger partial charge >= 0.3 is 5.97 Å². The minimum atomic E-state index is -3.38. The standard InChI is InChI=1S/C14H17NO5S/c1-9-8-10(14(17)18)5-6-11(9)15-13(16)12-4-2-3-7-21(12,19)20/h5-6,8,12H,2-4,7H2,1H3,(H,15,16)(H,17,18). The number of sulfone groups is 1. The molecule has 1 aliphatic heterocycles. The number of carboxylic acid groups (broad SMARTS) is 1. The van der Waals surface area contributed by atoms with Crippen LogP contribution in [-0.2, 0) is 14.6 Å². The zero-order valence-corrected chi connectivity index (χ0v) is 12.4. The summed E-state index contributed by atoms with van der Waals surface area (Å²) in [6.45, 7) is 1.66. The van der Waals surface area contributed by atoms with Crippen molar-refractivity contribution < 1.29 is 23.1 Å². The van der Waals surface area contributed by atoms with Crippen molar-refractivity contribution in [3.8, 4) is 0 Å². The molecule has 2 rings (SSSR count). The number of benzene rings is 1. The summed E-state index contributed by atoms with van der Waals surface area (Å²) in [6, 6.07) is 4.29. The van der Waals surface area contributed by atoms with Gasteiger partial charge in [-0.3, -0.25) is 4.79 Å². The molecule has 6 nitrogen and oxygen atoms in total. The average molecular weight is 311 g/mol. The number of nitrogens with one attached hydrogen (secondary N) is 1. The normalized spacial score (nSPS) is 20.7. The van der Waals surface area contributed by atoms with Crippen LogP contribution in [0, 0.1) is 6.92 Å². The Bertz CT molecular complexity index is 681. The van der Waals surface area contributed by atoms with Crippen molar-refractivity contribution in [1.82, 2.24) is 0 Å². The van der Waals surface area contributed by atoms with Gasteiger partial charge in [0, 0.05) is 5.69 Å². The highest BCUT2D eigenvalue weighted by atomic mass is 32.2. The smallest absolute Gasteiger partial charge is 0.335 e. The first kappa shape index (κ1) is 15.5. The maximum absolute atomic E-state index is 12.1. The Labute approximate surface area is 123 Å². The minimum absolute atomic E-state index is 0.0437. The van der Waals surface area contributed by atoms with Crippen molar-refractivity contribution in [2.45, 2.75) is 31.4 Å². The number of carbonyl (C=O) groups excluding carboxylic acids is 1. The topological polar surface area (TPSA) is 101 Å². The fourth-order valence-corrected chi connectivity index (χ4v) is 4.20. The van der Waals surface area contributed by atoms with Gasteiger partial charge in [-0.25, -0.2) is 13.2 Å². The van der Waals surface area contributed by atoms with Crippen LogP contribution >= 0.6 is 0 Å². The Morgan fingerprint density at radius 3 is 2.57 bits per heavy atom. The van der Waals surface area contributed by atoms with E-state index < -0.39 is 27.0 Å². The molecule has 1 aliphatic rings. The fraction of sp³-hybridized carbons (Fsp3) is 0.429. The molecule has 0 spiro atoms. The third kappa shape index (κ3) is 3.41. The molecule has 0 aliphatic carbocycles. The first-order chi connectivity index (χ1) is 9.81. The zero-order valence-electron chi connectivity index (χ0n) is 11.6. The van der Waals surface area contributed by atoms with Crippen LogP contribution in [0.15, 0.2) is 18.2 Å². The summed E-state index contributed by atoms with van der Waals surface area (Å²) in [5.41, 5.74) is 1.14. The molecule has 1 heterocycles. The quantitative estimate of drug-likeness (QED) is 0.883. The fourth-order valence-electron chi connectivity index (χ4n) is 2.40. The highest BCUT2D eigenvalue weighted by Crippen LogP contribution is 2.23. The van der Waals surface area contributed by atoms with Crippen LogP contribution in [0.3, 0.4) is 0 Å². The van der Waals surface area contributed by atoms with Crippen molar-refractivity contribution in [3.63, 3.8) is 0 Å². The van der Waals surface area contributed by atoms with Gasteiger partial charge in [0.15, 0.2) is 9.84 Å². The second kappa shape index (κ2) is 5.85. The molecule has 1 saturated heterocycles. The monoisotopic (exact) mass is 311 g/mol. The van der Waals surface area contributed by atoms with Crippen LogP contribution in [0.1, 0.15) is 35.2 Å². The Hall–Kier alpha value is -1.89. The lowest BCUT2D eigenvalue weighted by Gasteiger charge is -2.21. The van der Waals surface area contributed by atoms with Gasteiger partial charge < -0.3 is 10.4 Å². The van der Waals surface area contributed by atoms with Crippen molar-refractivity contribution >= 4 is 27.4 Å². The third-order valence-electron chi connectivity index (χ3n) is 3.60. The summed E-state index contributed by atoms with van der Waals surface area (Å²) in [4.78, 5) is 23.0. The number of rotatable bonds is 3. The first-order valence-corrected chi connectivity index (χ1v) is 8.39. The van der Waals surface area contributed by atoms with E-state index in [9.17, 15) is 18.0 Å². The van der Waals surface area contributed by atoms with Crippen LogP contribution in [0.4, 0.5) is 5.69 Å². The SMILES string of the molecule is Cc1cc(C(=O)O)ccc1NC(=O)C1CCCCS1(=O)=O. The van der Waals surface area contributed by atoms with Crippen LogP contribution in [0.25, 0.3) is 0 Å². The predicted molar refractivity (Wildman–Crippen MR) is 78.2 cm³/mol. The number of carbonyl (C=O) groups is 2. The summed E-state index contributed by atoms with van der Waals surface area (Å²) in [5, 5.41) is 10.5. The van der Waals surface area contributed by atoms with E-state index in [1.54, 1.807) is 6.92 Å². The Kier molecular flexibility index (Phi) is 4.32. The second-order valence-corrected chi connectivity index (χ2v) is 7.48. The molecular weight excluding hydrogens is 294 g/mol. The second-order valence-electron chi connectivity index (χ2n) is 5.18. The van der Waals surface area contributed by atoms with Crippen LogP contribution in [0.5, 0.6) is 0 Å². The molecule has 1 aromatic carbocycles. The molecule has 114 valence electrons. The number of anilines is 1. The molecule has 1 fully saturated rings. The van der Waals surface area contributed by atoms with Gasteiger partial charge in [-0.15, -0.1) is 0 Å². The van der Waals surface area contributed by atoms with Gasteiger partial charge in [-0.2, -0.15) is 0 Å². The lowest BCUT2D eigenvalue weighted by Crippen LogP contribution is -2.39. The summed E-state index contributed by atoms with van der Waals surface area (Å²) >= 11 is 0. The molecule has 0 radical (unpaired) electrons. The van der Waals surface area contributed by atoms with Gasteiger partial charge in [-0.05, 0) is 43.5 Å². The van der Waals surface area contributed by atoms with Gasteiger partial charge in [0.05, 0.1) is 11.3 Å². The summed E-state index contributed by atoms with van der Waals surface area (Å²) in [5.74, 6) is -1.55. The third-order valence-corrected chi connectivity index (χ3v) is 5.78. The molecule has 0 saturated carbocycles. The van der Waals surface area contributed by atoms with Gasteiger partial charge in [0.25, 0.3) is 0 Å². The molecule has 1 amide bonds. The maximum atomic E-state index is 12.1. The minimum Gasteiger partial charge on any atom is -0.478 e. The highest BCUT2D eigenvalue weighted by molar-refractivity contribution is 7.92. The number of hydrogen-bond donors (Lipinski definition) is 2. The molecular formula is C14H17NO5S. The van der Waals surface area contributed by atoms with Gasteiger partial charge in [0.1, 0.15) is 5.25 Å². The van der Waals surface area contributed by atoms with E-state index in [0.717, 1.165) is 0 Å². The van der Waals surface area contributed by atoms with Crippen LogP contribution in [0.2, 0.25) is 0 Å². The van der Waals surface area contributed by atoms with Crippen molar-refractivity contribution in [3.05, 3.63) is 29.3 Å². The van der Waals surface area contributed by atoms with E-state index in [-0.39, 0.29) is 11.3 Å². The molecule has 1 unspecified atom stereocenters. The Morgan fingerprint density at radius 1 is 1.29 bits per heavy atom. The van der Waals surface area contributed by atoms with E-state index in [0.29, 0.717) is 30.5 Å². The summed E-state index contributed by atoms with van der Waals surface area (Å²) < 4.78 is 23.8. The average Bonchev–Trinajstić information content (AvgIpc) is 2.40. The van der Waals surface area contributed by atoms with Gasteiger partial charge in [-0.1, -0.05) is 6.42 Å². The summed E-state index contributed by atoms with van der Waals surface area (Å²) in [6.07, 6.45) is 1.65. The molecule has 7 heteroatoms. The highest BCUT2D eigenvalue weighted by Gasteiger charge is 2.34. The number of hydrogen-bond acceptors (Lipinski definition) is 4. The van der Waals surface area contributed by atoms with Crippen LogP contribution < -0.4 is 5.32 Å². The van der Waals surface area contributed by atoms with E-state index in [2.05, 4.69) is 5.32 Å². The van der Waals surface area contributed by atoms with E-state index in [1.165, 1.54) is 18.2 Å². The van der Waals surface area contributed by atoms with Crippen molar-refractivity contribution in [2.75, 3.05) is 11.1 Å². The van der Waals surface area contributed by atoms with Crippen molar-refractivity contribution in [2.24, 2.45) is 0 Å². The molecule has 0 bridgehead atoms. The number of aromatic carboxylic acids is 1. The lowest BCUT2D eigenvalue weighted by atomic mass is 10.1. The van der Waals surface area contributed by atoms with Gasteiger partial charge in [0.2, 0.25) is 5.91 Å². The number of amides is 1. The molecule has 2 N–H and O–H groups in total. The Morgan fingerprint density at radius 2 is 2.00 bits per heavy atom. The van der Waals surface area contributed by atoms with E-state index >= 15 is 0 Å². The van der Waals surface area contributed by atoms with E-state index in [4.69, 9.17) is 5.11 Å². The molecule has 1 atom stereocenters. The van der Waals surface area contributed by atoms with Crippen LogP contribution in [-0.4, -0.2) is 36.4 Å². The predicted octanol–water partition coefficient (Wildman–Crippen LogP) is 1.60. The number of carboxylic acids is 1. The lowest BCUT2D eigenvalue weighted by molar-refractivity contribution is -0.116.